The quantitative estimate of drug-likeness (QED) is 0.921. The van der Waals surface area contributed by atoms with E-state index in [0.717, 1.165) is 30.0 Å². The monoisotopic (exact) mass is 344 g/mol. The highest BCUT2D eigenvalue weighted by atomic mass is 35.5. The predicted molar refractivity (Wildman–Crippen MR) is 93.9 cm³/mol. The average molecular weight is 345 g/mol. The van der Waals surface area contributed by atoms with Crippen LogP contribution in [0.3, 0.4) is 0 Å². The largest absolute Gasteiger partial charge is 0.335 e. The molecule has 1 saturated carbocycles. The first-order valence-corrected chi connectivity index (χ1v) is 8.53. The summed E-state index contributed by atoms with van der Waals surface area (Å²) >= 11 is 5.97. The topological polar surface area (TPSA) is 58.1 Å². The second-order valence-electron chi connectivity index (χ2n) is 6.20. The summed E-state index contributed by atoms with van der Waals surface area (Å²) in [5.41, 5.74) is 2.01. The number of amides is 2. The number of hydrogen-bond acceptors (Lipinski definition) is 3. The molecule has 1 aliphatic carbocycles. The maximum absolute atomic E-state index is 12.5. The summed E-state index contributed by atoms with van der Waals surface area (Å²) in [6, 6.07) is 8.01. The molecule has 0 spiro atoms. The van der Waals surface area contributed by atoms with Gasteiger partial charge < -0.3 is 10.2 Å². The van der Waals surface area contributed by atoms with Crippen LogP contribution in [0.2, 0.25) is 5.02 Å². The fraction of sp³-hybridized carbons (Fsp3) is 0.389. The lowest BCUT2D eigenvalue weighted by molar-refractivity contribution is 0.201. The maximum atomic E-state index is 12.5. The van der Waals surface area contributed by atoms with Gasteiger partial charge in [-0.05, 0) is 30.5 Å². The summed E-state index contributed by atoms with van der Waals surface area (Å²) in [6.45, 7) is 0.442. The van der Waals surface area contributed by atoms with Crippen molar-refractivity contribution in [3.63, 3.8) is 0 Å². The van der Waals surface area contributed by atoms with E-state index in [2.05, 4.69) is 27.4 Å². The third kappa shape index (κ3) is 4.03. The highest BCUT2D eigenvalue weighted by Crippen LogP contribution is 2.35. The van der Waals surface area contributed by atoms with Crippen molar-refractivity contribution in [3.8, 4) is 0 Å². The third-order valence-corrected chi connectivity index (χ3v) is 4.74. The van der Waals surface area contributed by atoms with Crippen LogP contribution in [0.15, 0.2) is 42.9 Å². The van der Waals surface area contributed by atoms with Crippen LogP contribution in [0.1, 0.15) is 36.4 Å². The summed E-state index contributed by atoms with van der Waals surface area (Å²) < 4.78 is 0. The number of halogens is 1. The molecule has 5 nitrogen and oxygen atoms in total. The highest BCUT2D eigenvalue weighted by molar-refractivity contribution is 6.30. The molecule has 0 bridgehead atoms. The Morgan fingerprint density at radius 1 is 1.29 bits per heavy atom. The Labute approximate surface area is 147 Å². The van der Waals surface area contributed by atoms with Gasteiger partial charge in [0.1, 0.15) is 0 Å². The van der Waals surface area contributed by atoms with E-state index in [1.54, 1.807) is 30.5 Å². The number of carbonyl (C=O) groups excluding carboxylic acids is 1. The van der Waals surface area contributed by atoms with Gasteiger partial charge in [0.25, 0.3) is 0 Å². The fourth-order valence-electron chi connectivity index (χ4n) is 3.24. The van der Waals surface area contributed by atoms with Crippen LogP contribution < -0.4 is 5.32 Å². The predicted octanol–water partition coefficient (Wildman–Crippen LogP) is 3.61. The van der Waals surface area contributed by atoms with Crippen LogP contribution >= 0.6 is 11.6 Å². The Balaban J connectivity index is 1.61. The van der Waals surface area contributed by atoms with Crippen LogP contribution in [0.4, 0.5) is 4.79 Å². The Hall–Kier alpha value is -2.14. The van der Waals surface area contributed by atoms with Gasteiger partial charge in [-0.2, -0.15) is 0 Å². The van der Waals surface area contributed by atoms with Crippen molar-refractivity contribution < 1.29 is 4.79 Å². The van der Waals surface area contributed by atoms with Crippen molar-refractivity contribution in [1.29, 1.82) is 0 Å². The zero-order valence-electron chi connectivity index (χ0n) is 13.7. The number of hydrogen-bond donors (Lipinski definition) is 1. The van der Waals surface area contributed by atoms with E-state index in [-0.39, 0.29) is 12.1 Å². The van der Waals surface area contributed by atoms with Crippen molar-refractivity contribution in [2.45, 2.75) is 37.8 Å². The van der Waals surface area contributed by atoms with E-state index in [4.69, 9.17) is 11.6 Å². The molecule has 0 unspecified atom stereocenters. The zero-order valence-corrected chi connectivity index (χ0v) is 14.4. The minimum absolute atomic E-state index is 0.0773. The number of rotatable bonds is 4. The normalized spacial score (nSPS) is 19.9. The molecule has 2 atom stereocenters. The molecule has 1 N–H and O–H groups in total. The molecule has 1 fully saturated rings. The number of carbonyl (C=O) groups is 1. The molecular formula is C18H21ClN4O. The SMILES string of the molecule is CN(Cc1cnccn1)C(=O)N[C@H]1CCC[C@@H]1c1ccc(Cl)cc1. The second kappa shape index (κ2) is 7.62. The molecule has 3 rings (SSSR count). The summed E-state index contributed by atoms with van der Waals surface area (Å²) in [5, 5.41) is 3.90. The highest BCUT2D eigenvalue weighted by Gasteiger charge is 2.30. The third-order valence-electron chi connectivity index (χ3n) is 4.49. The summed E-state index contributed by atoms with van der Waals surface area (Å²) in [7, 11) is 1.77. The molecule has 2 amide bonds. The van der Waals surface area contributed by atoms with Crippen LogP contribution in [0.25, 0.3) is 0 Å². The first-order valence-electron chi connectivity index (χ1n) is 8.15. The molecule has 6 heteroatoms. The standard InChI is InChI=1S/C18H21ClN4O/c1-23(12-15-11-20-9-10-21-15)18(24)22-17-4-2-3-16(17)13-5-7-14(19)8-6-13/h5-11,16-17H,2-4,12H2,1H3,(H,22,24)/t16-,17+/m1/s1. The van der Waals surface area contributed by atoms with Crippen LogP contribution in [0.5, 0.6) is 0 Å². The average Bonchev–Trinajstić information content (AvgIpc) is 3.04. The lowest BCUT2D eigenvalue weighted by atomic mass is 9.94. The van der Waals surface area contributed by atoms with E-state index in [1.807, 2.05) is 12.1 Å². The van der Waals surface area contributed by atoms with Crippen molar-refractivity contribution in [2.24, 2.45) is 0 Å². The number of urea groups is 1. The van der Waals surface area contributed by atoms with Gasteiger partial charge in [0.15, 0.2) is 0 Å². The van der Waals surface area contributed by atoms with Gasteiger partial charge in [-0.1, -0.05) is 30.2 Å². The van der Waals surface area contributed by atoms with Gasteiger partial charge in [0.2, 0.25) is 0 Å². The molecule has 0 aliphatic heterocycles. The summed E-state index contributed by atoms with van der Waals surface area (Å²) in [6.07, 6.45) is 8.13. The molecule has 0 saturated heterocycles. The number of benzene rings is 1. The number of nitrogens with zero attached hydrogens (tertiary/aromatic N) is 3. The Morgan fingerprint density at radius 3 is 2.79 bits per heavy atom. The van der Waals surface area contributed by atoms with Gasteiger partial charge in [0.05, 0.1) is 18.4 Å². The van der Waals surface area contributed by atoms with Crippen molar-refractivity contribution in [3.05, 3.63) is 59.1 Å². The fourth-order valence-corrected chi connectivity index (χ4v) is 3.36. The molecule has 126 valence electrons. The van der Waals surface area contributed by atoms with E-state index in [9.17, 15) is 4.79 Å². The number of nitrogens with one attached hydrogen (secondary N) is 1. The van der Waals surface area contributed by atoms with Gasteiger partial charge in [-0.25, -0.2) is 4.79 Å². The number of aromatic nitrogens is 2. The van der Waals surface area contributed by atoms with Crippen molar-refractivity contribution >= 4 is 17.6 Å². The maximum Gasteiger partial charge on any atom is 0.317 e. The van der Waals surface area contributed by atoms with E-state index >= 15 is 0 Å². The van der Waals surface area contributed by atoms with Crippen LogP contribution in [-0.2, 0) is 6.54 Å². The van der Waals surface area contributed by atoms with Gasteiger partial charge in [-0.15, -0.1) is 0 Å². The molecule has 24 heavy (non-hydrogen) atoms. The lowest BCUT2D eigenvalue weighted by Crippen LogP contribution is -2.43. The Bertz CT molecular complexity index is 677. The van der Waals surface area contributed by atoms with E-state index in [1.165, 1.54) is 5.56 Å². The molecule has 1 aromatic carbocycles. The molecular weight excluding hydrogens is 324 g/mol. The van der Waals surface area contributed by atoms with Crippen molar-refractivity contribution in [2.75, 3.05) is 7.05 Å². The van der Waals surface area contributed by atoms with Gasteiger partial charge in [-0.3, -0.25) is 9.97 Å². The van der Waals surface area contributed by atoms with E-state index < -0.39 is 0 Å². The first kappa shape index (κ1) is 16.7. The van der Waals surface area contributed by atoms with Crippen LogP contribution in [-0.4, -0.2) is 34.0 Å². The van der Waals surface area contributed by atoms with E-state index in [0.29, 0.717) is 12.5 Å². The molecule has 1 heterocycles. The van der Waals surface area contributed by atoms with Gasteiger partial charge >= 0.3 is 6.03 Å². The minimum atomic E-state index is -0.0773. The summed E-state index contributed by atoms with van der Waals surface area (Å²) in [5.74, 6) is 0.344. The van der Waals surface area contributed by atoms with Gasteiger partial charge in [0, 0.05) is 36.4 Å². The Kier molecular flexibility index (Phi) is 5.30. The van der Waals surface area contributed by atoms with Crippen molar-refractivity contribution in [1.82, 2.24) is 20.2 Å². The summed E-state index contributed by atoms with van der Waals surface area (Å²) in [4.78, 5) is 22.4. The molecule has 1 aliphatic rings. The first-order chi connectivity index (χ1) is 11.6. The molecule has 1 aromatic heterocycles. The van der Waals surface area contributed by atoms with Crippen LogP contribution in [0, 0.1) is 0 Å². The Morgan fingerprint density at radius 2 is 2.08 bits per heavy atom. The minimum Gasteiger partial charge on any atom is -0.335 e. The molecule has 0 radical (unpaired) electrons. The molecule has 2 aromatic rings. The zero-order chi connectivity index (χ0) is 16.9. The smallest absolute Gasteiger partial charge is 0.317 e. The lowest BCUT2D eigenvalue weighted by Gasteiger charge is -2.25. The second-order valence-corrected chi connectivity index (χ2v) is 6.63.